The maximum atomic E-state index is 14.0. The number of furan rings is 1. The first-order valence-corrected chi connectivity index (χ1v) is 12.6. The molecule has 8 heteroatoms. The third-order valence-electron chi connectivity index (χ3n) is 7.81. The third-order valence-corrected chi connectivity index (χ3v) is 7.81. The highest BCUT2D eigenvalue weighted by atomic mass is 16.4. The van der Waals surface area contributed by atoms with Crippen molar-refractivity contribution in [1.29, 1.82) is 0 Å². The molecule has 2 fully saturated rings. The van der Waals surface area contributed by atoms with E-state index in [4.69, 9.17) is 4.42 Å². The quantitative estimate of drug-likeness (QED) is 0.332. The lowest BCUT2D eigenvalue weighted by Crippen LogP contribution is -2.57. The van der Waals surface area contributed by atoms with E-state index in [1.165, 1.54) is 12.1 Å². The van der Waals surface area contributed by atoms with E-state index in [1.807, 2.05) is 37.3 Å². The largest absolute Gasteiger partial charge is 0.508 e. The Bertz CT molecular complexity index is 1520. The van der Waals surface area contributed by atoms with Gasteiger partial charge in [-0.1, -0.05) is 49.4 Å². The summed E-state index contributed by atoms with van der Waals surface area (Å²) >= 11 is 0. The predicted octanol–water partition coefficient (Wildman–Crippen LogP) is 4.22. The van der Waals surface area contributed by atoms with Crippen LogP contribution in [0.15, 0.2) is 83.3 Å². The Balaban J connectivity index is 1.49. The SMILES string of the molecule is CCc1ccc(N2C(=O)C3C(c4cc5ccccc5o4)NC(Cc4ccc(O)cc4)(C(=O)O)C3C2=O)cc1. The summed E-state index contributed by atoms with van der Waals surface area (Å²) in [6.45, 7) is 2.01. The van der Waals surface area contributed by atoms with Gasteiger partial charge in [-0.15, -0.1) is 0 Å². The van der Waals surface area contributed by atoms with Crippen LogP contribution in [0.3, 0.4) is 0 Å². The molecule has 0 bridgehead atoms. The van der Waals surface area contributed by atoms with Gasteiger partial charge in [0.15, 0.2) is 0 Å². The lowest BCUT2D eigenvalue weighted by Gasteiger charge is -2.31. The molecule has 38 heavy (non-hydrogen) atoms. The predicted molar refractivity (Wildman–Crippen MR) is 140 cm³/mol. The normalized spacial score (nSPS) is 24.8. The summed E-state index contributed by atoms with van der Waals surface area (Å²) in [6.07, 6.45) is 0.738. The molecule has 2 aliphatic heterocycles. The van der Waals surface area contributed by atoms with Gasteiger partial charge in [-0.3, -0.25) is 19.7 Å². The Labute approximate surface area is 218 Å². The number of fused-ring (bicyclic) bond motifs is 2. The maximum Gasteiger partial charge on any atom is 0.325 e. The van der Waals surface area contributed by atoms with Gasteiger partial charge in [0, 0.05) is 11.8 Å². The number of phenolic OH excluding ortho intramolecular Hbond substituents is 1. The van der Waals surface area contributed by atoms with Gasteiger partial charge < -0.3 is 14.6 Å². The van der Waals surface area contributed by atoms with Crippen molar-refractivity contribution in [3.63, 3.8) is 0 Å². The van der Waals surface area contributed by atoms with Crippen molar-refractivity contribution in [3.05, 3.63) is 95.7 Å². The van der Waals surface area contributed by atoms with Crippen LogP contribution in [0.2, 0.25) is 0 Å². The van der Waals surface area contributed by atoms with E-state index in [0.29, 0.717) is 22.6 Å². The highest BCUT2D eigenvalue weighted by Crippen LogP contribution is 2.51. The molecule has 4 unspecified atom stereocenters. The average Bonchev–Trinajstić information content (AvgIpc) is 3.57. The van der Waals surface area contributed by atoms with E-state index in [2.05, 4.69) is 5.32 Å². The van der Waals surface area contributed by atoms with Crippen LogP contribution >= 0.6 is 0 Å². The molecule has 4 aromatic rings. The monoisotopic (exact) mass is 510 g/mol. The molecule has 1 aromatic heterocycles. The van der Waals surface area contributed by atoms with E-state index in [1.54, 1.807) is 36.4 Å². The fraction of sp³-hybridized carbons (Fsp3) is 0.233. The molecule has 2 aliphatic rings. The first-order valence-electron chi connectivity index (χ1n) is 12.6. The minimum Gasteiger partial charge on any atom is -0.508 e. The Kier molecular flexibility index (Phi) is 5.57. The summed E-state index contributed by atoms with van der Waals surface area (Å²) in [6, 6.07) is 21.7. The first-order chi connectivity index (χ1) is 18.3. The molecule has 0 aliphatic carbocycles. The molecule has 6 rings (SSSR count). The zero-order chi connectivity index (χ0) is 26.6. The van der Waals surface area contributed by atoms with Crippen molar-refractivity contribution in [1.82, 2.24) is 5.32 Å². The topological polar surface area (TPSA) is 120 Å². The van der Waals surface area contributed by atoms with Crippen molar-refractivity contribution in [2.24, 2.45) is 11.8 Å². The van der Waals surface area contributed by atoms with Crippen LogP contribution in [-0.4, -0.2) is 33.5 Å². The smallest absolute Gasteiger partial charge is 0.325 e. The van der Waals surface area contributed by atoms with Gasteiger partial charge >= 0.3 is 5.97 Å². The summed E-state index contributed by atoms with van der Waals surface area (Å²) in [4.78, 5) is 42.1. The fourth-order valence-electron chi connectivity index (χ4n) is 5.91. The van der Waals surface area contributed by atoms with Crippen LogP contribution in [0, 0.1) is 11.8 Å². The lowest BCUT2D eigenvalue weighted by molar-refractivity contribution is -0.148. The minimum absolute atomic E-state index is 0.0457. The second-order valence-electron chi connectivity index (χ2n) is 9.96. The van der Waals surface area contributed by atoms with Gasteiger partial charge in [-0.25, -0.2) is 4.90 Å². The molecule has 0 radical (unpaired) electrons. The number of benzene rings is 3. The number of aliphatic carboxylic acids is 1. The highest BCUT2D eigenvalue weighted by Gasteiger charge is 2.69. The van der Waals surface area contributed by atoms with Crippen LogP contribution in [0.1, 0.15) is 29.9 Å². The average molecular weight is 511 g/mol. The number of anilines is 1. The van der Waals surface area contributed by atoms with Crippen LogP contribution < -0.4 is 10.2 Å². The van der Waals surface area contributed by atoms with Crippen LogP contribution in [0.4, 0.5) is 5.69 Å². The number of hydrogen-bond donors (Lipinski definition) is 3. The van der Waals surface area contributed by atoms with Gasteiger partial charge in [0.25, 0.3) is 0 Å². The van der Waals surface area contributed by atoms with Gasteiger partial charge in [0.2, 0.25) is 11.8 Å². The van der Waals surface area contributed by atoms with Gasteiger partial charge in [0.1, 0.15) is 22.6 Å². The Morgan fingerprint density at radius 2 is 1.66 bits per heavy atom. The van der Waals surface area contributed by atoms with Crippen molar-refractivity contribution >= 4 is 34.4 Å². The van der Waals surface area contributed by atoms with Crippen molar-refractivity contribution in [2.75, 3.05) is 4.90 Å². The Morgan fingerprint density at radius 3 is 2.32 bits per heavy atom. The fourth-order valence-corrected chi connectivity index (χ4v) is 5.91. The van der Waals surface area contributed by atoms with E-state index in [-0.39, 0.29) is 12.2 Å². The number of imide groups is 1. The zero-order valence-corrected chi connectivity index (χ0v) is 20.6. The summed E-state index contributed by atoms with van der Waals surface area (Å²) in [5.41, 5.74) is 0.903. The molecule has 3 aromatic carbocycles. The summed E-state index contributed by atoms with van der Waals surface area (Å²) in [5.74, 6) is -3.97. The Hall–Kier alpha value is -4.43. The molecule has 192 valence electrons. The zero-order valence-electron chi connectivity index (χ0n) is 20.6. The number of aryl methyl sites for hydroxylation is 1. The van der Waals surface area contributed by atoms with Crippen molar-refractivity contribution < 1.29 is 29.0 Å². The van der Waals surface area contributed by atoms with Crippen LogP contribution in [-0.2, 0) is 27.2 Å². The maximum absolute atomic E-state index is 14.0. The van der Waals surface area contributed by atoms with Crippen LogP contribution in [0.5, 0.6) is 5.75 Å². The molecule has 0 spiro atoms. The number of para-hydroxylation sites is 1. The molecule has 2 saturated heterocycles. The second-order valence-corrected chi connectivity index (χ2v) is 9.96. The number of carbonyl (C=O) groups is 3. The minimum atomic E-state index is -1.78. The van der Waals surface area contributed by atoms with E-state index in [0.717, 1.165) is 22.3 Å². The van der Waals surface area contributed by atoms with Gasteiger partial charge in [0.05, 0.1) is 23.6 Å². The molecule has 8 nitrogen and oxygen atoms in total. The number of amides is 2. The number of hydrogen-bond acceptors (Lipinski definition) is 6. The molecule has 4 atom stereocenters. The summed E-state index contributed by atoms with van der Waals surface area (Å²) in [5, 5.41) is 24.4. The number of carboxylic acid groups (broad SMARTS) is 1. The number of carbonyl (C=O) groups excluding carboxylic acids is 2. The number of nitrogens with one attached hydrogen (secondary N) is 1. The molecule has 3 N–H and O–H groups in total. The Morgan fingerprint density at radius 1 is 0.974 bits per heavy atom. The molecule has 3 heterocycles. The highest BCUT2D eigenvalue weighted by molar-refractivity contribution is 6.24. The molecule has 0 saturated carbocycles. The molecular weight excluding hydrogens is 484 g/mol. The number of carboxylic acids is 1. The van der Waals surface area contributed by atoms with E-state index < -0.39 is 41.2 Å². The standard InChI is InChI=1S/C30H26N2O6/c1-2-17-7-11-20(12-8-17)32-27(34)24-25(28(32)35)30(29(36)37,16-18-9-13-21(33)14-10-18)31-26(24)23-15-19-5-3-4-6-22(19)38-23/h3-15,24-26,31,33H,2,16H2,1H3,(H,36,37). The van der Waals surface area contributed by atoms with E-state index >= 15 is 0 Å². The van der Waals surface area contributed by atoms with Crippen molar-refractivity contribution in [2.45, 2.75) is 31.3 Å². The molecule has 2 amide bonds. The summed E-state index contributed by atoms with van der Waals surface area (Å²) < 4.78 is 6.08. The van der Waals surface area contributed by atoms with Crippen LogP contribution in [0.25, 0.3) is 11.0 Å². The van der Waals surface area contributed by atoms with Gasteiger partial charge in [-0.2, -0.15) is 0 Å². The lowest BCUT2D eigenvalue weighted by atomic mass is 9.76. The van der Waals surface area contributed by atoms with Gasteiger partial charge in [-0.05, 0) is 53.9 Å². The van der Waals surface area contributed by atoms with E-state index in [9.17, 15) is 24.6 Å². The number of aromatic hydroxyl groups is 1. The number of nitrogens with zero attached hydrogens (tertiary/aromatic N) is 1. The molecular formula is C30H26N2O6. The number of phenols is 1. The third kappa shape index (κ3) is 3.60. The second kappa shape index (κ2) is 8.85. The number of rotatable bonds is 6. The first kappa shape index (κ1) is 23.9. The van der Waals surface area contributed by atoms with Crippen molar-refractivity contribution in [3.8, 4) is 5.75 Å². The summed E-state index contributed by atoms with van der Waals surface area (Å²) in [7, 11) is 0.